The highest BCUT2D eigenvalue weighted by molar-refractivity contribution is 5.94. The third-order valence-corrected chi connectivity index (χ3v) is 4.54. The Morgan fingerprint density at radius 1 is 1.10 bits per heavy atom. The minimum Gasteiger partial charge on any atom is -0.497 e. The summed E-state index contributed by atoms with van der Waals surface area (Å²) in [5.41, 5.74) is 2.75. The molecule has 0 aliphatic carbocycles. The Hall–Kier alpha value is -3.22. The Bertz CT molecular complexity index is 867. The first-order chi connectivity index (χ1) is 14.5. The maximum Gasteiger partial charge on any atom is 0.251 e. The topological polar surface area (TPSA) is 75.2 Å². The molecule has 7 heteroatoms. The quantitative estimate of drug-likeness (QED) is 0.376. The molecule has 2 aromatic rings. The van der Waals surface area contributed by atoms with E-state index in [0.717, 1.165) is 35.1 Å². The monoisotopic (exact) mass is 412 g/mol. The first-order valence-electron chi connectivity index (χ1n) is 10.0. The normalized spacial score (nSPS) is 11.0. The van der Waals surface area contributed by atoms with Crippen molar-refractivity contribution in [3.8, 4) is 11.5 Å². The van der Waals surface area contributed by atoms with Crippen LogP contribution in [0.5, 0.6) is 11.5 Å². The highest BCUT2D eigenvalue weighted by Gasteiger charge is 2.11. The molecule has 0 aliphatic rings. The first kappa shape index (κ1) is 23.1. The number of nitrogens with zero attached hydrogens (tertiary/aromatic N) is 2. The van der Waals surface area contributed by atoms with Gasteiger partial charge in [-0.1, -0.05) is 17.7 Å². The number of hydrogen-bond acceptors (Lipinski definition) is 4. The van der Waals surface area contributed by atoms with Crippen molar-refractivity contribution in [3.63, 3.8) is 0 Å². The van der Waals surface area contributed by atoms with Gasteiger partial charge in [0.05, 0.1) is 20.8 Å². The number of rotatable bonds is 9. The summed E-state index contributed by atoms with van der Waals surface area (Å²) in [4.78, 5) is 18.9. The minimum absolute atomic E-state index is 0.0878. The molecule has 0 aliphatic heterocycles. The van der Waals surface area contributed by atoms with E-state index in [9.17, 15) is 4.79 Å². The van der Waals surface area contributed by atoms with Crippen molar-refractivity contribution in [3.05, 3.63) is 59.2 Å². The number of guanidine groups is 1. The molecule has 2 aromatic carbocycles. The van der Waals surface area contributed by atoms with Crippen LogP contribution in [0, 0.1) is 6.92 Å². The van der Waals surface area contributed by atoms with Crippen LogP contribution in [0.1, 0.15) is 28.4 Å². The van der Waals surface area contributed by atoms with Crippen LogP contribution in [-0.2, 0) is 6.54 Å². The summed E-state index contributed by atoms with van der Waals surface area (Å²) in [5.74, 6) is 2.20. The van der Waals surface area contributed by atoms with Gasteiger partial charge in [-0.15, -0.1) is 0 Å². The summed E-state index contributed by atoms with van der Waals surface area (Å²) in [6.45, 7) is 6.30. The molecule has 0 radical (unpaired) electrons. The molecule has 0 aromatic heterocycles. The van der Waals surface area contributed by atoms with Crippen molar-refractivity contribution in [2.75, 3.05) is 40.9 Å². The number of ether oxygens (including phenoxy) is 2. The number of benzene rings is 2. The fourth-order valence-corrected chi connectivity index (χ4v) is 3.00. The van der Waals surface area contributed by atoms with Crippen LogP contribution >= 0.6 is 0 Å². The Morgan fingerprint density at radius 3 is 2.57 bits per heavy atom. The zero-order valence-corrected chi connectivity index (χ0v) is 18.5. The van der Waals surface area contributed by atoms with Crippen molar-refractivity contribution in [1.82, 2.24) is 15.5 Å². The lowest BCUT2D eigenvalue weighted by Crippen LogP contribution is -2.39. The lowest BCUT2D eigenvalue weighted by Gasteiger charge is -2.23. The van der Waals surface area contributed by atoms with Crippen molar-refractivity contribution >= 4 is 11.9 Å². The average Bonchev–Trinajstić information content (AvgIpc) is 2.75. The molecule has 30 heavy (non-hydrogen) atoms. The zero-order chi connectivity index (χ0) is 21.9. The molecule has 0 saturated heterocycles. The predicted molar refractivity (Wildman–Crippen MR) is 121 cm³/mol. The lowest BCUT2D eigenvalue weighted by atomic mass is 10.1. The second-order valence-corrected chi connectivity index (χ2v) is 6.89. The Morgan fingerprint density at radius 2 is 1.90 bits per heavy atom. The van der Waals surface area contributed by atoms with E-state index < -0.39 is 0 Å². The Labute approximate surface area is 179 Å². The summed E-state index contributed by atoms with van der Waals surface area (Å²) < 4.78 is 10.8. The van der Waals surface area contributed by atoms with Gasteiger partial charge in [-0.25, -0.2) is 0 Å². The molecular formula is C23H32N4O3. The third-order valence-electron chi connectivity index (χ3n) is 4.54. The number of aliphatic imine (C=N–C) groups is 1. The standard InChI is InChI=1S/C23H32N4O3/c1-6-24-23(26-13-12-25-22(28)18-9-7-8-17(2)14-18)27(3)16-19-10-11-20(29-4)15-21(19)30-5/h7-11,14-15H,6,12-13,16H2,1-5H3,(H,24,26)(H,25,28). The Balaban J connectivity index is 1.97. The SMILES string of the molecule is CCNC(=NCCNC(=O)c1cccc(C)c1)N(C)Cc1ccc(OC)cc1OC. The highest BCUT2D eigenvalue weighted by Crippen LogP contribution is 2.25. The number of amides is 1. The number of hydrogen-bond donors (Lipinski definition) is 2. The second kappa shape index (κ2) is 11.7. The van der Waals surface area contributed by atoms with Crippen LogP contribution in [0.25, 0.3) is 0 Å². The fraction of sp³-hybridized carbons (Fsp3) is 0.391. The van der Waals surface area contributed by atoms with Gasteiger partial charge in [0.2, 0.25) is 0 Å². The number of nitrogens with one attached hydrogen (secondary N) is 2. The third kappa shape index (κ3) is 6.69. The number of carbonyl (C=O) groups is 1. The van der Waals surface area contributed by atoms with Crippen LogP contribution in [0.15, 0.2) is 47.5 Å². The summed E-state index contributed by atoms with van der Waals surface area (Å²) >= 11 is 0. The van der Waals surface area contributed by atoms with E-state index in [1.165, 1.54) is 0 Å². The summed E-state index contributed by atoms with van der Waals surface area (Å²) in [6, 6.07) is 13.3. The number of aryl methyl sites for hydroxylation is 1. The average molecular weight is 413 g/mol. The van der Waals surface area contributed by atoms with E-state index in [4.69, 9.17) is 9.47 Å². The van der Waals surface area contributed by atoms with Gasteiger partial charge < -0.3 is 25.0 Å². The smallest absolute Gasteiger partial charge is 0.251 e. The van der Waals surface area contributed by atoms with Crippen molar-refractivity contribution in [2.45, 2.75) is 20.4 Å². The van der Waals surface area contributed by atoms with Gasteiger partial charge in [-0.05, 0) is 38.1 Å². The van der Waals surface area contributed by atoms with E-state index in [1.54, 1.807) is 14.2 Å². The summed E-state index contributed by atoms with van der Waals surface area (Å²) in [7, 11) is 5.25. The van der Waals surface area contributed by atoms with Gasteiger partial charge in [-0.2, -0.15) is 0 Å². The molecule has 0 bridgehead atoms. The van der Waals surface area contributed by atoms with Gasteiger partial charge in [0.1, 0.15) is 11.5 Å². The molecule has 2 N–H and O–H groups in total. The fourth-order valence-electron chi connectivity index (χ4n) is 3.00. The second-order valence-electron chi connectivity index (χ2n) is 6.89. The lowest BCUT2D eigenvalue weighted by molar-refractivity contribution is 0.0954. The minimum atomic E-state index is -0.0878. The maximum absolute atomic E-state index is 12.3. The molecule has 0 atom stereocenters. The van der Waals surface area contributed by atoms with Crippen molar-refractivity contribution in [2.24, 2.45) is 4.99 Å². The number of carbonyl (C=O) groups excluding carboxylic acids is 1. The zero-order valence-electron chi connectivity index (χ0n) is 18.5. The molecule has 1 amide bonds. The molecule has 0 fully saturated rings. The van der Waals surface area contributed by atoms with E-state index in [1.807, 2.05) is 68.3 Å². The summed E-state index contributed by atoms with van der Waals surface area (Å²) in [5, 5.41) is 6.20. The summed E-state index contributed by atoms with van der Waals surface area (Å²) in [6.07, 6.45) is 0. The van der Waals surface area contributed by atoms with Crippen LogP contribution in [0.3, 0.4) is 0 Å². The van der Waals surface area contributed by atoms with Gasteiger partial charge in [0.25, 0.3) is 5.91 Å². The molecule has 2 rings (SSSR count). The molecule has 0 heterocycles. The van der Waals surface area contributed by atoms with Crippen molar-refractivity contribution < 1.29 is 14.3 Å². The van der Waals surface area contributed by atoms with Gasteiger partial charge in [0, 0.05) is 43.9 Å². The molecular weight excluding hydrogens is 380 g/mol. The van der Waals surface area contributed by atoms with Gasteiger partial charge >= 0.3 is 0 Å². The van der Waals surface area contributed by atoms with Crippen LogP contribution < -0.4 is 20.1 Å². The first-order valence-corrected chi connectivity index (χ1v) is 10.0. The molecule has 0 unspecified atom stereocenters. The van der Waals surface area contributed by atoms with E-state index in [2.05, 4.69) is 15.6 Å². The molecule has 7 nitrogen and oxygen atoms in total. The van der Waals surface area contributed by atoms with E-state index in [-0.39, 0.29) is 5.91 Å². The van der Waals surface area contributed by atoms with Crippen LogP contribution in [0.2, 0.25) is 0 Å². The largest absolute Gasteiger partial charge is 0.497 e. The van der Waals surface area contributed by atoms with Gasteiger partial charge in [-0.3, -0.25) is 9.79 Å². The number of methoxy groups -OCH3 is 2. The van der Waals surface area contributed by atoms with Crippen LogP contribution in [0.4, 0.5) is 0 Å². The Kier molecular flexibility index (Phi) is 9.00. The van der Waals surface area contributed by atoms with E-state index >= 15 is 0 Å². The maximum atomic E-state index is 12.3. The van der Waals surface area contributed by atoms with Gasteiger partial charge in [0.15, 0.2) is 5.96 Å². The molecule has 0 spiro atoms. The van der Waals surface area contributed by atoms with Crippen LogP contribution in [-0.4, -0.2) is 57.7 Å². The van der Waals surface area contributed by atoms with Crippen molar-refractivity contribution in [1.29, 1.82) is 0 Å². The molecule has 0 saturated carbocycles. The predicted octanol–water partition coefficient (Wildman–Crippen LogP) is 2.84. The molecule has 162 valence electrons. The van der Waals surface area contributed by atoms with E-state index in [0.29, 0.717) is 25.2 Å². The highest BCUT2D eigenvalue weighted by atomic mass is 16.5.